The molecule has 0 fully saturated rings. The number of nitrogens with zero attached hydrogens (tertiary/aromatic N) is 2. The number of ether oxygens (including phenoxy) is 1. The van der Waals surface area contributed by atoms with Gasteiger partial charge in [0.25, 0.3) is 0 Å². The molecule has 0 spiro atoms. The van der Waals surface area contributed by atoms with Gasteiger partial charge in [-0.15, -0.1) is 6.58 Å². The molecule has 0 amide bonds. The molecule has 0 aliphatic heterocycles. The van der Waals surface area contributed by atoms with Crippen molar-refractivity contribution >= 4 is 17.6 Å². The molecule has 1 rings (SSSR count). The van der Waals surface area contributed by atoms with Gasteiger partial charge in [0, 0.05) is 13.1 Å². The number of pyridine rings is 1. The Morgan fingerprint density at radius 1 is 1.61 bits per heavy atom. The van der Waals surface area contributed by atoms with E-state index in [1.807, 2.05) is 17.0 Å². The molecule has 1 aromatic rings. The molecule has 1 heterocycles. The van der Waals surface area contributed by atoms with E-state index in [1.54, 1.807) is 19.1 Å². The van der Waals surface area contributed by atoms with Crippen molar-refractivity contribution in [2.75, 3.05) is 19.7 Å². The Morgan fingerprint density at radius 3 is 3.00 bits per heavy atom. The molecule has 0 aliphatic carbocycles. The van der Waals surface area contributed by atoms with Crippen LogP contribution in [0.5, 0.6) is 0 Å². The molecule has 5 heteroatoms. The maximum Gasteiger partial charge on any atom is 0.320 e. The minimum absolute atomic E-state index is 0.216. The third-order valence-corrected chi connectivity index (χ3v) is 2.41. The number of halogens is 1. The maximum atomic E-state index is 11.4. The minimum atomic E-state index is -0.249. The van der Waals surface area contributed by atoms with Crippen LogP contribution in [0.1, 0.15) is 12.6 Å². The molecule has 0 aliphatic rings. The average Bonchev–Trinajstić information content (AvgIpc) is 2.29. The number of carbonyl (C=O) groups excluding carboxylic acids is 1. The highest BCUT2D eigenvalue weighted by atomic mass is 35.5. The molecular weight excluding hydrogens is 252 g/mol. The number of esters is 1. The van der Waals surface area contributed by atoms with E-state index in [1.165, 1.54) is 0 Å². The second-order valence-corrected chi connectivity index (χ2v) is 4.10. The fourth-order valence-corrected chi connectivity index (χ4v) is 1.71. The van der Waals surface area contributed by atoms with Crippen LogP contribution in [0.3, 0.4) is 0 Å². The van der Waals surface area contributed by atoms with E-state index in [4.69, 9.17) is 16.3 Å². The smallest absolute Gasteiger partial charge is 0.320 e. The molecule has 0 radical (unpaired) electrons. The highest BCUT2D eigenvalue weighted by molar-refractivity contribution is 6.29. The van der Waals surface area contributed by atoms with Crippen molar-refractivity contribution in [3.05, 3.63) is 41.7 Å². The van der Waals surface area contributed by atoms with E-state index in [-0.39, 0.29) is 12.5 Å². The largest absolute Gasteiger partial charge is 0.465 e. The van der Waals surface area contributed by atoms with Crippen LogP contribution in [0.2, 0.25) is 5.15 Å². The van der Waals surface area contributed by atoms with E-state index < -0.39 is 0 Å². The molecule has 0 bridgehead atoms. The van der Waals surface area contributed by atoms with Gasteiger partial charge >= 0.3 is 5.97 Å². The third kappa shape index (κ3) is 5.29. The number of rotatable bonds is 7. The molecule has 0 atom stereocenters. The fraction of sp³-hybridized carbons (Fsp3) is 0.385. The second kappa shape index (κ2) is 7.84. The first kappa shape index (κ1) is 14.7. The van der Waals surface area contributed by atoms with Gasteiger partial charge in [-0.1, -0.05) is 23.7 Å². The zero-order valence-electron chi connectivity index (χ0n) is 10.4. The van der Waals surface area contributed by atoms with Gasteiger partial charge in [-0.25, -0.2) is 4.98 Å². The van der Waals surface area contributed by atoms with E-state index in [0.29, 0.717) is 24.8 Å². The Balaban J connectivity index is 2.62. The van der Waals surface area contributed by atoms with E-state index in [9.17, 15) is 4.79 Å². The van der Waals surface area contributed by atoms with Gasteiger partial charge in [-0.3, -0.25) is 9.69 Å². The lowest BCUT2D eigenvalue weighted by Gasteiger charge is -2.19. The van der Waals surface area contributed by atoms with Crippen LogP contribution in [0, 0.1) is 0 Å². The number of hydrogen-bond donors (Lipinski definition) is 0. The Hall–Kier alpha value is -1.39. The Bertz CT molecular complexity index is 410. The average molecular weight is 269 g/mol. The molecule has 0 unspecified atom stereocenters. The van der Waals surface area contributed by atoms with Crippen LogP contribution in [0.15, 0.2) is 30.9 Å². The highest BCUT2D eigenvalue weighted by Crippen LogP contribution is 2.07. The van der Waals surface area contributed by atoms with E-state index in [0.717, 1.165) is 5.69 Å². The topological polar surface area (TPSA) is 42.4 Å². The van der Waals surface area contributed by atoms with E-state index >= 15 is 0 Å². The highest BCUT2D eigenvalue weighted by Gasteiger charge is 2.11. The van der Waals surface area contributed by atoms with Crippen LogP contribution >= 0.6 is 11.6 Å². The van der Waals surface area contributed by atoms with Gasteiger partial charge in [0.15, 0.2) is 0 Å². The molecule has 0 saturated carbocycles. The van der Waals surface area contributed by atoms with Crippen molar-refractivity contribution in [2.24, 2.45) is 0 Å². The molecule has 98 valence electrons. The summed E-state index contributed by atoms with van der Waals surface area (Å²) in [6.07, 6.45) is 1.74. The lowest BCUT2D eigenvalue weighted by molar-refractivity contribution is -0.144. The van der Waals surface area contributed by atoms with Crippen molar-refractivity contribution < 1.29 is 9.53 Å². The molecule has 1 aromatic heterocycles. The van der Waals surface area contributed by atoms with Gasteiger partial charge in [0.1, 0.15) is 5.15 Å². The SMILES string of the molecule is C=CCN(CC(=O)OCC)Cc1cccc(Cl)n1. The van der Waals surface area contributed by atoms with Gasteiger partial charge < -0.3 is 4.74 Å². The lowest BCUT2D eigenvalue weighted by atomic mass is 10.3. The van der Waals surface area contributed by atoms with Crippen molar-refractivity contribution in [1.82, 2.24) is 9.88 Å². The van der Waals surface area contributed by atoms with Crippen LogP contribution in [-0.2, 0) is 16.1 Å². The predicted molar refractivity (Wildman–Crippen MR) is 71.4 cm³/mol. The summed E-state index contributed by atoms with van der Waals surface area (Å²) >= 11 is 5.82. The molecule has 0 N–H and O–H groups in total. The van der Waals surface area contributed by atoms with Crippen LogP contribution < -0.4 is 0 Å². The van der Waals surface area contributed by atoms with E-state index in [2.05, 4.69) is 11.6 Å². The van der Waals surface area contributed by atoms with Crippen molar-refractivity contribution in [3.63, 3.8) is 0 Å². The monoisotopic (exact) mass is 268 g/mol. The fourth-order valence-electron chi connectivity index (χ4n) is 1.52. The number of aromatic nitrogens is 1. The zero-order valence-corrected chi connectivity index (χ0v) is 11.2. The zero-order chi connectivity index (χ0) is 13.4. The first-order valence-corrected chi connectivity index (χ1v) is 6.13. The van der Waals surface area contributed by atoms with Gasteiger partial charge in [0.05, 0.1) is 18.8 Å². The van der Waals surface area contributed by atoms with Gasteiger partial charge in [-0.05, 0) is 19.1 Å². The predicted octanol–water partition coefficient (Wildman–Crippen LogP) is 2.29. The Labute approximate surface area is 112 Å². The first-order valence-electron chi connectivity index (χ1n) is 5.76. The molecule has 0 aromatic carbocycles. The van der Waals surface area contributed by atoms with Crippen LogP contribution in [-0.4, -0.2) is 35.5 Å². The summed E-state index contributed by atoms with van der Waals surface area (Å²) in [7, 11) is 0. The summed E-state index contributed by atoms with van der Waals surface area (Å²) in [6, 6.07) is 5.42. The normalized spacial score (nSPS) is 10.4. The first-order chi connectivity index (χ1) is 8.65. The molecule has 4 nitrogen and oxygen atoms in total. The van der Waals surface area contributed by atoms with Gasteiger partial charge in [0.2, 0.25) is 0 Å². The van der Waals surface area contributed by atoms with Gasteiger partial charge in [-0.2, -0.15) is 0 Å². The molecule has 0 saturated heterocycles. The number of hydrogen-bond acceptors (Lipinski definition) is 4. The quantitative estimate of drug-likeness (QED) is 0.432. The minimum Gasteiger partial charge on any atom is -0.465 e. The molecule has 18 heavy (non-hydrogen) atoms. The summed E-state index contributed by atoms with van der Waals surface area (Å²) in [5, 5.41) is 0.446. The van der Waals surface area contributed by atoms with Crippen LogP contribution in [0.4, 0.5) is 0 Å². The summed E-state index contributed by atoms with van der Waals surface area (Å²) in [5.74, 6) is -0.249. The second-order valence-electron chi connectivity index (χ2n) is 3.71. The van der Waals surface area contributed by atoms with Crippen LogP contribution in [0.25, 0.3) is 0 Å². The maximum absolute atomic E-state index is 11.4. The standard InChI is InChI=1S/C13H17ClN2O2/c1-3-8-16(10-13(17)18-4-2)9-11-6-5-7-12(14)15-11/h3,5-7H,1,4,8-10H2,2H3. The van der Waals surface area contributed by atoms with Crippen molar-refractivity contribution in [3.8, 4) is 0 Å². The molecular formula is C13H17ClN2O2. The summed E-state index contributed by atoms with van der Waals surface area (Å²) < 4.78 is 4.92. The summed E-state index contributed by atoms with van der Waals surface area (Å²) in [5.41, 5.74) is 0.814. The van der Waals surface area contributed by atoms with Crippen molar-refractivity contribution in [2.45, 2.75) is 13.5 Å². The summed E-state index contributed by atoms with van der Waals surface area (Å²) in [6.45, 7) is 7.18. The third-order valence-electron chi connectivity index (χ3n) is 2.20. The Kier molecular flexibility index (Phi) is 6.39. The lowest BCUT2D eigenvalue weighted by Crippen LogP contribution is -2.31. The number of carbonyl (C=O) groups is 1. The summed E-state index contributed by atoms with van der Waals surface area (Å²) in [4.78, 5) is 17.5. The Morgan fingerprint density at radius 2 is 2.39 bits per heavy atom. The van der Waals surface area contributed by atoms with Crippen molar-refractivity contribution in [1.29, 1.82) is 0 Å².